The minimum atomic E-state index is 0.0172. The van der Waals surface area contributed by atoms with Gasteiger partial charge in [-0.1, -0.05) is 39.3 Å². The Morgan fingerprint density at radius 2 is 2.00 bits per heavy atom. The highest BCUT2D eigenvalue weighted by molar-refractivity contribution is 9.10. The highest BCUT2D eigenvalue weighted by Crippen LogP contribution is 2.25. The Balaban J connectivity index is 1.88. The normalized spacial score (nSPS) is 10.7. The van der Waals surface area contributed by atoms with Crippen LogP contribution in [-0.2, 0) is 6.42 Å². The van der Waals surface area contributed by atoms with Crippen molar-refractivity contribution in [3.8, 4) is 17.3 Å². The summed E-state index contributed by atoms with van der Waals surface area (Å²) >= 11 is 3.48. The first-order valence-corrected chi connectivity index (χ1v) is 6.73. The summed E-state index contributed by atoms with van der Waals surface area (Å²) in [6, 6.07) is 11.0. The van der Waals surface area contributed by atoms with Crippen LogP contribution in [0.15, 0.2) is 51.6 Å². The first kappa shape index (κ1) is 12.8. The van der Waals surface area contributed by atoms with Gasteiger partial charge in [-0.2, -0.15) is 4.98 Å². The van der Waals surface area contributed by atoms with Gasteiger partial charge in [-0.15, -0.1) is 0 Å². The van der Waals surface area contributed by atoms with Gasteiger partial charge in [-0.25, -0.2) is 4.98 Å². The molecule has 0 fully saturated rings. The lowest BCUT2D eigenvalue weighted by atomic mass is 10.1. The third kappa shape index (κ3) is 2.55. The van der Waals surface area contributed by atoms with E-state index in [2.05, 4.69) is 31.1 Å². The number of benzene rings is 1. The SMILES string of the molecule is Oc1cccnc1-c1nc(Cc2ccccc2Br)no1. The molecule has 100 valence electrons. The third-order valence-electron chi connectivity index (χ3n) is 2.76. The van der Waals surface area contributed by atoms with Crippen LogP contribution in [-0.4, -0.2) is 20.2 Å². The first-order valence-electron chi connectivity index (χ1n) is 5.94. The average Bonchev–Trinajstić information content (AvgIpc) is 2.90. The Morgan fingerprint density at radius 1 is 1.15 bits per heavy atom. The van der Waals surface area contributed by atoms with E-state index in [9.17, 15) is 5.11 Å². The van der Waals surface area contributed by atoms with Crippen LogP contribution in [0.4, 0.5) is 0 Å². The lowest BCUT2D eigenvalue weighted by Gasteiger charge is -1.99. The fourth-order valence-corrected chi connectivity index (χ4v) is 2.22. The Hall–Kier alpha value is -2.21. The van der Waals surface area contributed by atoms with Gasteiger partial charge in [0.05, 0.1) is 0 Å². The second-order valence-corrected chi connectivity index (χ2v) is 5.01. The molecule has 2 aromatic heterocycles. The van der Waals surface area contributed by atoms with Crippen LogP contribution in [0.25, 0.3) is 11.6 Å². The van der Waals surface area contributed by atoms with Crippen LogP contribution in [0.1, 0.15) is 11.4 Å². The van der Waals surface area contributed by atoms with Crippen LogP contribution < -0.4 is 0 Å². The molecule has 0 spiro atoms. The second-order valence-electron chi connectivity index (χ2n) is 4.16. The second kappa shape index (κ2) is 5.42. The van der Waals surface area contributed by atoms with Crippen LogP contribution in [0, 0.1) is 0 Å². The highest BCUT2D eigenvalue weighted by Gasteiger charge is 2.14. The van der Waals surface area contributed by atoms with Gasteiger partial charge in [-0.05, 0) is 23.8 Å². The molecule has 0 bridgehead atoms. The van der Waals surface area contributed by atoms with E-state index in [0.717, 1.165) is 10.0 Å². The molecule has 0 atom stereocenters. The minimum absolute atomic E-state index is 0.0172. The summed E-state index contributed by atoms with van der Waals surface area (Å²) in [4.78, 5) is 8.29. The van der Waals surface area contributed by atoms with E-state index in [0.29, 0.717) is 17.9 Å². The maximum Gasteiger partial charge on any atom is 0.280 e. The van der Waals surface area contributed by atoms with Crippen molar-refractivity contribution in [2.24, 2.45) is 0 Å². The molecule has 1 aromatic carbocycles. The van der Waals surface area contributed by atoms with Gasteiger partial charge in [0.2, 0.25) is 0 Å². The number of rotatable bonds is 3. The zero-order valence-electron chi connectivity index (χ0n) is 10.3. The summed E-state index contributed by atoms with van der Waals surface area (Å²) in [5, 5.41) is 13.6. The van der Waals surface area contributed by atoms with Crippen molar-refractivity contribution < 1.29 is 9.63 Å². The maximum absolute atomic E-state index is 9.71. The topological polar surface area (TPSA) is 72.0 Å². The molecule has 0 radical (unpaired) electrons. The number of hydrogen-bond donors (Lipinski definition) is 1. The minimum Gasteiger partial charge on any atom is -0.505 e. The molecular formula is C14H10BrN3O2. The molecule has 0 aliphatic rings. The zero-order chi connectivity index (χ0) is 13.9. The zero-order valence-corrected chi connectivity index (χ0v) is 11.9. The Morgan fingerprint density at radius 3 is 2.80 bits per heavy atom. The molecule has 20 heavy (non-hydrogen) atoms. The van der Waals surface area contributed by atoms with Crippen LogP contribution in [0.2, 0.25) is 0 Å². The molecular weight excluding hydrogens is 322 g/mol. The lowest BCUT2D eigenvalue weighted by molar-refractivity contribution is 0.416. The van der Waals surface area contributed by atoms with Crippen LogP contribution >= 0.6 is 15.9 Å². The summed E-state index contributed by atoms with van der Waals surface area (Å²) in [5.41, 5.74) is 1.35. The van der Waals surface area contributed by atoms with E-state index < -0.39 is 0 Å². The fourth-order valence-electron chi connectivity index (χ4n) is 1.80. The van der Waals surface area contributed by atoms with Crippen molar-refractivity contribution in [2.75, 3.05) is 0 Å². The number of aromatic nitrogens is 3. The molecule has 3 rings (SSSR count). The smallest absolute Gasteiger partial charge is 0.280 e. The summed E-state index contributed by atoms with van der Waals surface area (Å²) in [6.07, 6.45) is 2.10. The average molecular weight is 332 g/mol. The van der Waals surface area contributed by atoms with Gasteiger partial charge in [0.1, 0.15) is 5.75 Å². The van der Waals surface area contributed by atoms with Crippen LogP contribution in [0.5, 0.6) is 5.75 Å². The number of halogens is 1. The van der Waals surface area contributed by atoms with Gasteiger partial charge in [0.25, 0.3) is 5.89 Å². The van der Waals surface area contributed by atoms with Crippen molar-refractivity contribution in [1.29, 1.82) is 0 Å². The van der Waals surface area contributed by atoms with E-state index in [-0.39, 0.29) is 11.6 Å². The Kier molecular flexibility index (Phi) is 3.47. The Labute approximate surface area is 123 Å². The largest absolute Gasteiger partial charge is 0.505 e. The number of hydrogen-bond acceptors (Lipinski definition) is 5. The van der Waals surface area contributed by atoms with E-state index in [1.165, 1.54) is 6.07 Å². The molecule has 0 amide bonds. The molecule has 0 saturated carbocycles. The molecule has 6 heteroatoms. The molecule has 0 saturated heterocycles. The van der Waals surface area contributed by atoms with Crippen molar-refractivity contribution in [3.63, 3.8) is 0 Å². The third-order valence-corrected chi connectivity index (χ3v) is 3.54. The number of nitrogens with zero attached hydrogens (tertiary/aromatic N) is 3. The quantitative estimate of drug-likeness (QED) is 0.797. The monoisotopic (exact) mass is 331 g/mol. The van der Waals surface area contributed by atoms with Crippen molar-refractivity contribution in [1.82, 2.24) is 15.1 Å². The van der Waals surface area contributed by atoms with E-state index in [4.69, 9.17) is 4.52 Å². The van der Waals surface area contributed by atoms with Crippen molar-refractivity contribution in [2.45, 2.75) is 6.42 Å². The van der Waals surface area contributed by atoms with Gasteiger partial charge in [-0.3, -0.25) is 0 Å². The molecule has 0 aliphatic heterocycles. The maximum atomic E-state index is 9.71. The van der Waals surface area contributed by atoms with Gasteiger partial charge in [0.15, 0.2) is 11.5 Å². The number of aromatic hydroxyl groups is 1. The fraction of sp³-hybridized carbons (Fsp3) is 0.0714. The summed E-state index contributed by atoms with van der Waals surface area (Å²) in [5.74, 6) is 0.769. The predicted octanol–water partition coefficient (Wildman–Crippen LogP) is 3.19. The lowest BCUT2D eigenvalue weighted by Crippen LogP contribution is -1.92. The standard InChI is InChI=1S/C14H10BrN3O2/c15-10-5-2-1-4-9(10)8-12-17-14(20-18-12)13-11(19)6-3-7-16-13/h1-7,19H,8H2. The van der Waals surface area contributed by atoms with Crippen molar-refractivity contribution >= 4 is 15.9 Å². The summed E-state index contributed by atoms with van der Waals surface area (Å²) in [6.45, 7) is 0. The van der Waals surface area contributed by atoms with Crippen LogP contribution in [0.3, 0.4) is 0 Å². The highest BCUT2D eigenvalue weighted by atomic mass is 79.9. The van der Waals surface area contributed by atoms with Gasteiger partial charge >= 0.3 is 0 Å². The molecule has 5 nitrogen and oxygen atoms in total. The number of pyridine rings is 1. The van der Waals surface area contributed by atoms with Gasteiger partial charge in [0, 0.05) is 17.1 Å². The van der Waals surface area contributed by atoms with Crippen molar-refractivity contribution in [3.05, 3.63) is 58.5 Å². The van der Waals surface area contributed by atoms with E-state index in [1.54, 1.807) is 12.3 Å². The van der Waals surface area contributed by atoms with E-state index >= 15 is 0 Å². The van der Waals surface area contributed by atoms with Gasteiger partial charge < -0.3 is 9.63 Å². The Bertz CT molecular complexity index is 743. The molecule has 0 aliphatic carbocycles. The molecule has 3 aromatic rings. The molecule has 2 heterocycles. The molecule has 1 N–H and O–H groups in total. The summed E-state index contributed by atoms with van der Waals surface area (Å²) < 4.78 is 6.14. The predicted molar refractivity (Wildman–Crippen MR) is 76.1 cm³/mol. The first-order chi connectivity index (χ1) is 9.74. The van der Waals surface area contributed by atoms with E-state index in [1.807, 2.05) is 24.3 Å². The summed E-state index contributed by atoms with van der Waals surface area (Å²) in [7, 11) is 0. The molecule has 0 unspecified atom stereocenters.